The largest absolute Gasteiger partial charge is 0.416 e. The van der Waals surface area contributed by atoms with Crippen molar-refractivity contribution in [3.63, 3.8) is 0 Å². The van der Waals surface area contributed by atoms with Gasteiger partial charge in [0.05, 0.1) is 37.7 Å². The molecule has 41 heavy (non-hydrogen) atoms. The van der Waals surface area contributed by atoms with Crippen LogP contribution in [0.4, 0.5) is 18.9 Å². The Kier molecular flexibility index (Phi) is 6.80. The Labute approximate surface area is 232 Å². The fourth-order valence-electron chi connectivity index (χ4n) is 5.86. The number of piperidine rings is 1. The molecule has 14 heteroatoms. The van der Waals surface area contributed by atoms with E-state index >= 15 is 0 Å². The van der Waals surface area contributed by atoms with Gasteiger partial charge in [-0.2, -0.15) is 18.3 Å². The zero-order chi connectivity index (χ0) is 28.8. The SMILES string of the molecule is O=C(CN1CN(c2ccccc2)C2(CCN(C(=O)c3cc4cn[nH]c4cn3)CC2)C1=O)N1CCOC(C(F)(F)F)C1. The number of carbonyl (C=O) groups is 3. The molecule has 3 aliphatic rings. The van der Waals surface area contributed by atoms with Gasteiger partial charge in [0.15, 0.2) is 6.10 Å². The first-order valence-electron chi connectivity index (χ1n) is 13.3. The monoisotopic (exact) mass is 571 g/mol. The average molecular weight is 572 g/mol. The van der Waals surface area contributed by atoms with Crippen molar-refractivity contribution in [2.75, 3.05) is 50.9 Å². The Morgan fingerprint density at radius 2 is 1.83 bits per heavy atom. The summed E-state index contributed by atoms with van der Waals surface area (Å²) >= 11 is 0. The summed E-state index contributed by atoms with van der Waals surface area (Å²) in [5.41, 5.74) is 0.781. The van der Waals surface area contributed by atoms with Crippen LogP contribution in [0.1, 0.15) is 23.3 Å². The second-order valence-corrected chi connectivity index (χ2v) is 10.5. The first-order valence-corrected chi connectivity index (χ1v) is 13.3. The molecule has 1 aromatic carbocycles. The Morgan fingerprint density at radius 1 is 1.07 bits per heavy atom. The number of carbonyl (C=O) groups excluding carboxylic acids is 3. The van der Waals surface area contributed by atoms with Crippen molar-refractivity contribution in [2.45, 2.75) is 30.7 Å². The molecule has 2 aromatic heterocycles. The highest BCUT2D eigenvalue weighted by molar-refractivity contribution is 5.98. The number of para-hydroxylation sites is 1. The smallest absolute Gasteiger partial charge is 0.365 e. The number of anilines is 1. The summed E-state index contributed by atoms with van der Waals surface area (Å²) in [5.74, 6) is -1.09. The van der Waals surface area contributed by atoms with Crippen molar-refractivity contribution in [2.24, 2.45) is 0 Å². The number of rotatable bonds is 4. The molecule has 3 aromatic rings. The van der Waals surface area contributed by atoms with Crippen molar-refractivity contribution in [3.05, 3.63) is 54.5 Å². The fraction of sp³-hybridized carbons (Fsp3) is 0.444. The van der Waals surface area contributed by atoms with Crippen LogP contribution in [0.3, 0.4) is 0 Å². The topological polar surface area (TPSA) is 115 Å². The minimum absolute atomic E-state index is 0.0245. The van der Waals surface area contributed by atoms with Gasteiger partial charge in [-0.05, 0) is 31.0 Å². The first kappa shape index (κ1) is 27.0. The fourth-order valence-corrected chi connectivity index (χ4v) is 5.86. The second-order valence-electron chi connectivity index (χ2n) is 10.5. The highest BCUT2D eigenvalue weighted by Crippen LogP contribution is 2.40. The molecular weight excluding hydrogens is 543 g/mol. The number of nitrogens with one attached hydrogen (secondary N) is 1. The number of H-pyrrole nitrogens is 1. The van der Waals surface area contributed by atoms with Crippen molar-refractivity contribution in [1.82, 2.24) is 29.9 Å². The van der Waals surface area contributed by atoms with Gasteiger partial charge in [0.2, 0.25) is 5.91 Å². The zero-order valence-electron chi connectivity index (χ0n) is 22.0. The molecule has 0 bridgehead atoms. The van der Waals surface area contributed by atoms with Crippen LogP contribution in [0.15, 0.2) is 48.8 Å². The standard InChI is InChI=1S/C27H28F3N7O4/c28-27(29,30)22-15-35(10-11-41-22)23(38)16-36-17-37(19-4-2-1-3-5-19)26(25(36)40)6-8-34(9-7-26)24(39)20-12-18-13-32-33-21(18)14-31-20/h1-5,12-14,22H,6-11,15-17H2,(H,32,33). The number of fused-ring (bicyclic) bond motifs is 1. The normalized spacial score (nSPS) is 21.2. The highest BCUT2D eigenvalue weighted by Gasteiger charge is 2.55. The molecule has 11 nitrogen and oxygen atoms in total. The van der Waals surface area contributed by atoms with Crippen molar-refractivity contribution in [3.8, 4) is 0 Å². The number of morpholine rings is 1. The van der Waals surface area contributed by atoms with E-state index in [1.54, 1.807) is 23.4 Å². The van der Waals surface area contributed by atoms with Crippen LogP contribution >= 0.6 is 0 Å². The molecule has 3 saturated heterocycles. The number of hydrogen-bond acceptors (Lipinski definition) is 7. The lowest BCUT2D eigenvalue weighted by Crippen LogP contribution is -2.57. The molecule has 0 radical (unpaired) electrons. The summed E-state index contributed by atoms with van der Waals surface area (Å²) in [5, 5.41) is 7.53. The summed E-state index contributed by atoms with van der Waals surface area (Å²) in [6, 6.07) is 11.0. The molecule has 1 unspecified atom stereocenters. The van der Waals surface area contributed by atoms with Gasteiger partial charge in [0, 0.05) is 30.7 Å². The molecule has 1 atom stereocenters. The number of aromatic amines is 1. The average Bonchev–Trinajstić information content (AvgIpc) is 3.56. The minimum atomic E-state index is -4.58. The summed E-state index contributed by atoms with van der Waals surface area (Å²) in [6.07, 6.45) is -2.82. The molecule has 0 saturated carbocycles. The van der Waals surface area contributed by atoms with Gasteiger partial charge in [-0.3, -0.25) is 19.5 Å². The Hall–Kier alpha value is -4.20. The maximum atomic E-state index is 14.0. The van der Waals surface area contributed by atoms with E-state index in [1.807, 2.05) is 35.2 Å². The number of amides is 3. The Bertz CT molecular complexity index is 1460. The predicted molar refractivity (Wildman–Crippen MR) is 140 cm³/mol. The third kappa shape index (κ3) is 4.96. The molecule has 1 spiro atoms. The van der Waals surface area contributed by atoms with Crippen LogP contribution in [0, 0.1) is 0 Å². The van der Waals surface area contributed by atoms with Crippen LogP contribution < -0.4 is 4.90 Å². The van der Waals surface area contributed by atoms with Gasteiger partial charge in [0.25, 0.3) is 11.8 Å². The quantitative estimate of drug-likeness (QED) is 0.510. The van der Waals surface area contributed by atoms with Gasteiger partial charge in [-0.25, -0.2) is 4.98 Å². The van der Waals surface area contributed by atoms with E-state index < -0.39 is 30.3 Å². The maximum absolute atomic E-state index is 14.0. The number of halogens is 3. The lowest BCUT2D eigenvalue weighted by molar-refractivity contribution is -0.236. The van der Waals surface area contributed by atoms with Gasteiger partial charge in [0.1, 0.15) is 17.8 Å². The molecule has 3 amide bonds. The van der Waals surface area contributed by atoms with Gasteiger partial charge in [-0.1, -0.05) is 18.2 Å². The number of hydrogen-bond donors (Lipinski definition) is 1. The van der Waals surface area contributed by atoms with Crippen LogP contribution in [0.25, 0.3) is 10.9 Å². The molecule has 1 N–H and O–H groups in total. The zero-order valence-corrected chi connectivity index (χ0v) is 22.0. The van der Waals surface area contributed by atoms with Crippen LogP contribution in [-0.2, 0) is 14.3 Å². The van der Waals surface area contributed by atoms with E-state index in [0.29, 0.717) is 12.8 Å². The number of benzene rings is 1. The summed E-state index contributed by atoms with van der Waals surface area (Å²) in [7, 11) is 0. The molecule has 3 fully saturated rings. The van der Waals surface area contributed by atoms with Crippen LogP contribution in [0.2, 0.25) is 0 Å². The van der Waals surface area contributed by atoms with E-state index in [4.69, 9.17) is 4.74 Å². The van der Waals surface area contributed by atoms with Gasteiger partial charge >= 0.3 is 6.18 Å². The van der Waals surface area contributed by atoms with E-state index in [2.05, 4.69) is 15.2 Å². The Morgan fingerprint density at radius 3 is 2.56 bits per heavy atom. The number of alkyl halides is 3. The molecule has 5 heterocycles. The van der Waals surface area contributed by atoms with Gasteiger partial charge < -0.3 is 24.3 Å². The molecule has 6 rings (SSSR count). The molecule has 0 aliphatic carbocycles. The number of ether oxygens (including phenoxy) is 1. The number of pyridine rings is 1. The lowest BCUT2D eigenvalue weighted by Gasteiger charge is -2.43. The summed E-state index contributed by atoms with van der Waals surface area (Å²) in [4.78, 5) is 50.7. The van der Waals surface area contributed by atoms with E-state index in [0.717, 1.165) is 21.5 Å². The maximum Gasteiger partial charge on any atom is 0.416 e. The van der Waals surface area contributed by atoms with Crippen molar-refractivity contribution in [1.29, 1.82) is 0 Å². The predicted octanol–water partition coefficient (Wildman–Crippen LogP) is 2.03. The van der Waals surface area contributed by atoms with E-state index in [1.165, 1.54) is 4.90 Å². The third-order valence-corrected chi connectivity index (χ3v) is 8.11. The minimum Gasteiger partial charge on any atom is -0.365 e. The number of nitrogens with zero attached hydrogens (tertiary/aromatic N) is 6. The highest BCUT2D eigenvalue weighted by atomic mass is 19.4. The Balaban J connectivity index is 1.19. The lowest BCUT2D eigenvalue weighted by atomic mass is 9.85. The second kappa shape index (κ2) is 10.3. The number of aromatic nitrogens is 3. The van der Waals surface area contributed by atoms with Gasteiger partial charge in [-0.15, -0.1) is 0 Å². The van der Waals surface area contributed by atoms with E-state index in [-0.39, 0.29) is 57.0 Å². The third-order valence-electron chi connectivity index (χ3n) is 8.11. The van der Waals surface area contributed by atoms with E-state index in [9.17, 15) is 27.6 Å². The summed E-state index contributed by atoms with van der Waals surface area (Å²) < 4.78 is 44.4. The molecular formula is C27H28F3N7O4. The van der Waals surface area contributed by atoms with Crippen LogP contribution in [0.5, 0.6) is 0 Å². The van der Waals surface area contributed by atoms with Crippen molar-refractivity contribution < 1.29 is 32.3 Å². The first-order chi connectivity index (χ1) is 19.7. The molecule has 3 aliphatic heterocycles. The van der Waals surface area contributed by atoms with Crippen molar-refractivity contribution >= 4 is 34.3 Å². The summed E-state index contributed by atoms with van der Waals surface area (Å²) in [6.45, 7) is -0.463. The van der Waals surface area contributed by atoms with Crippen LogP contribution in [-0.4, -0.2) is 111 Å². The number of likely N-dealkylation sites (tertiary alicyclic amines) is 1. The molecule has 216 valence electrons.